The lowest BCUT2D eigenvalue weighted by Crippen LogP contribution is -2.44. The van der Waals surface area contributed by atoms with E-state index in [1.54, 1.807) is 29.5 Å². The molecule has 0 unspecified atom stereocenters. The Balaban J connectivity index is 1.59. The topological polar surface area (TPSA) is 53.6 Å². The Kier molecular flexibility index (Phi) is 6.09. The molecule has 1 atom stereocenters. The van der Waals surface area contributed by atoms with Gasteiger partial charge < -0.3 is 15.4 Å². The molecule has 1 aliphatic rings. The van der Waals surface area contributed by atoms with Crippen LogP contribution < -0.4 is 10.6 Å². The number of nitrogens with one attached hydrogen (secondary N) is 2. The highest BCUT2D eigenvalue weighted by Crippen LogP contribution is 2.23. The fourth-order valence-corrected chi connectivity index (χ4v) is 3.64. The summed E-state index contributed by atoms with van der Waals surface area (Å²) in [5.41, 5.74) is 1.91. The molecule has 1 aromatic carbocycles. The van der Waals surface area contributed by atoms with E-state index < -0.39 is 0 Å². The summed E-state index contributed by atoms with van der Waals surface area (Å²) in [6.45, 7) is 3.75. The number of morpholine rings is 1. The van der Waals surface area contributed by atoms with Gasteiger partial charge in [0.1, 0.15) is 0 Å². The molecule has 0 spiro atoms. The lowest BCUT2D eigenvalue weighted by Gasteiger charge is -2.34. The molecular weight excluding hydrogens is 346 g/mol. The smallest absolute Gasteiger partial charge is 0.319 e. The van der Waals surface area contributed by atoms with Gasteiger partial charge in [0, 0.05) is 30.3 Å². The quantitative estimate of drug-likeness (QED) is 0.851. The summed E-state index contributed by atoms with van der Waals surface area (Å²) >= 11 is 7.61. The molecule has 7 heteroatoms. The van der Waals surface area contributed by atoms with Crippen LogP contribution in [-0.2, 0) is 4.74 Å². The van der Waals surface area contributed by atoms with Crippen LogP contribution in [0.25, 0.3) is 0 Å². The van der Waals surface area contributed by atoms with Crippen molar-refractivity contribution in [2.75, 3.05) is 38.2 Å². The van der Waals surface area contributed by atoms with Crippen LogP contribution in [0.3, 0.4) is 0 Å². The Morgan fingerprint density at radius 1 is 1.33 bits per heavy atom. The molecule has 3 rings (SSSR count). The van der Waals surface area contributed by atoms with E-state index >= 15 is 0 Å². The number of anilines is 1. The molecule has 1 fully saturated rings. The molecule has 2 amide bonds. The van der Waals surface area contributed by atoms with Gasteiger partial charge in [0.2, 0.25) is 0 Å². The van der Waals surface area contributed by atoms with Gasteiger partial charge in [0.15, 0.2) is 0 Å². The predicted molar refractivity (Wildman–Crippen MR) is 97.9 cm³/mol. The number of benzene rings is 1. The maximum absolute atomic E-state index is 12.2. The number of urea groups is 1. The van der Waals surface area contributed by atoms with E-state index in [2.05, 4.69) is 32.4 Å². The van der Waals surface area contributed by atoms with Crippen LogP contribution in [0.2, 0.25) is 5.02 Å². The molecule has 5 nitrogen and oxygen atoms in total. The van der Waals surface area contributed by atoms with Gasteiger partial charge in [0.05, 0.1) is 19.3 Å². The Morgan fingerprint density at radius 2 is 2.17 bits per heavy atom. The van der Waals surface area contributed by atoms with Crippen LogP contribution in [0, 0.1) is 0 Å². The SMILES string of the molecule is O=C(NC[C@H](c1ccsc1)N1CCOCC1)Nc1cccc(Cl)c1. The first-order valence-electron chi connectivity index (χ1n) is 7.87. The highest BCUT2D eigenvalue weighted by molar-refractivity contribution is 7.07. The lowest BCUT2D eigenvalue weighted by atomic mass is 10.1. The van der Waals surface area contributed by atoms with E-state index in [4.69, 9.17) is 16.3 Å². The zero-order valence-electron chi connectivity index (χ0n) is 13.2. The van der Waals surface area contributed by atoms with Gasteiger partial charge >= 0.3 is 6.03 Å². The van der Waals surface area contributed by atoms with Crippen LogP contribution in [0.5, 0.6) is 0 Å². The number of amides is 2. The van der Waals surface area contributed by atoms with Crippen molar-refractivity contribution < 1.29 is 9.53 Å². The summed E-state index contributed by atoms with van der Waals surface area (Å²) in [4.78, 5) is 14.5. The summed E-state index contributed by atoms with van der Waals surface area (Å²) in [6.07, 6.45) is 0. The van der Waals surface area contributed by atoms with E-state index in [1.807, 2.05) is 6.07 Å². The molecule has 2 N–H and O–H groups in total. The Morgan fingerprint density at radius 3 is 2.88 bits per heavy atom. The van der Waals surface area contributed by atoms with Crippen molar-refractivity contribution >= 4 is 34.7 Å². The van der Waals surface area contributed by atoms with E-state index in [0.29, 0.717) is 17.3 Å². The van der Waals surface area contributed by atoms with Crippen molar-refractivity contribution in [1.29, 1.82) is 0 Å². The predicted octanol–water partition coefficient (Wildman–Crippen LogP) is 3.60. The number of thiophene rings is 1. The second kappa shape index (κ2) is 8.48. The summed E-state index contributed by atoms with van der Waals surface area (Å²) < 4.78 is 5.43. The first-order valence-corrected chi connectivity index (χ1v) is 9.19. The second-order valence-corrected chi connectivity index (χ2v) is 6.78. The van der Waals surface area contributed by atoms with Crippen LogP contribution in [0.4, 0.5) is 10.5 Å². The molecule has 24 heavy (non-hydrogen) atoms. The fraction of sp³-hybridized carbons (Fsp3) is 0.353. The second-order valence-electron chi connectivity index (χ2n) is 5.57. The molecule has 0 aliphatic carbocycles. The molecule has 2 heterocycles. The standard InChI is InChI=1S/C17H20ClN3O2S/c18-14-2-1-3-15(10-14)20-17(22)19-11-16(13-4-9-24-12-13)21-5-7-23-8-6-21/h1-4,9-10,12,16H,5-8,11H2,(H2,19,20,22)/t16-/m1/s1. The third-order valence-electron chi connectivity index (χ3n) is 3.95. The molecule has 2 aromatic rings. The van der Waals surface area contributed by atoms with Gasteiger partial charge in [-0.3, -0.25) is 4.90 Å². The number of hydrogen-bond acceptors (Lipinski definition) is 4. The summed E-state index contributed by atoms with van der Waals surface area (Å²) in [7, 11) is 0. The van der Waals surface area contributed by atoms with Crippen LogP contribution in [0.15, 0.2) is 41.1 Å². The van der Waals surface area contributed by atoms with Crippen LogP contribution >= 0.6 is 22.9 Å². The number of halogens is 1. The Hall–Kier alpha value is -1.60. The minimum absolute atomic E-state index is 0.158. The lowest BCUT2D eigenvalue weighted by molar-refractivity contribution is 0.0168. The highest BCUT2D eigenvalue weighted by Gasteiger charge is 2.23. The number of hydrogen-bond donors (Lipinski definition) is 2. The maximum atomic E-state index is 12.2. The van der Waals surface area contributed by atoms with E-state index in [0.717, 1.165) is 26.3 Å². The van der Waals surface area contributed by atoms with Gasteiger partial charge in [-0.25, -0.2) is 4.79 Å². The fourth-order valence-electron chi connectivity index (χ4n) is 2.74. The minimum atomic E-state index is -0.231. The third-order valence-corrected chi connectivity index (χ3v) is 4.89. The largest absolute Gasteiger partial charge is 0.379 e. The number of carbonyl (C=O) groups is 1. The van der Waals surface area contributed by atoms with Crippen molar-refractivity contribution in [2.45, 2.75) is 6.04 Å². The maximum Gasteiger partial charge on any atom is 0.319 e. The first kappa shape index (κ1) is 17.2. The van der Waals surface area contributed by atoms with Gasteiger partial charge in [-0.15, -0.1) is 0 Å². The van der Waals surface area contributed by atoms with Crippen molar-refractivity contribution in [2.24, 2.45) is 0 Å². The summed E-state index contributed by atoms with van der Waals surface area (Å²) in [5.74, 6) is 0. The number of nitrogens with zero attached hydrogens (tertiary/aromatic N) is 1. The van der Waals surface area contributed by atoms with Crippen molar-refractivity contribution in [1.82, 2.24) is 10.2 Å². The molecule has 0 bridgehead atoms. The average molecular weight is 366 g/mol. The summed E-state index contributed by atoms with van der Waals surface area (Å²) in [6, 6.07) is 9.15. The molecule has 0 saturated carbocycles. The average Bonchev–Trinajstić information content (AvgIpc) is 3.10. The molecule has 128 valence electrons. The number of ether oxygens (including phenoxy) is 1. The molecule has 1 aliphatic heterocycles. The monoisotopic (exact) mass is 365 g/mol. The number of carbonyl (C=O) groups excluding carboxylic acids is 1. The van der Waals surface area contributed by atoms with Gasteiger partial charge in [-0.05, 0) is 40.6 Å². The zero-order chi connectivity index (χ0) is 16.8. The van der Waals surface area contributed by atoms with Crippen LogP contribution in [0.1, 0.15) is 11.6 Å². The first-order chi connectivity index (χ1) is 11.7. The van der Waals surface area contributed by atoms with Crippen molar-refractivity contribution in [3.8, 4) is 0 Å². The highest BCUT2D eigenvalue weighted by atomic mass is 35.5. The summed E-state index contributed by atoms with van der Waals surface area (Å²) in [5, 5.41) is 10.6. The van der Waals surface area contributed by atoms with E-state index in [9.17, 15) is 4.79 Å². The van der Waals surface area contributed by atoms with Crippen molar-refractivity contribution in [3.63, 3.8) is 0 Å². The Bertz CT molecular complexity index is 660. The van der Waals surface area contributed by atoms with Gasteiger partial charge in [0.25, 0.3) is 0 Å². The van der Waals surface area contributed by atoms with Gasteiger partial charge in [-0.2, -0.15) is 11.3 Å². The number of rotatable bonds is 5. The van der Waals surface area contributed by atoms with E-state index in [-0.39, 0.29) is 12.1 Å². The van der Waals surface area contributed by atoms with Crippen molar-refractivity contribution in [3.05, 3.63) is 51.7 Å². The zero-order valence-corrected chi connectivity index (χ0v) is 14.8. The molecular formula is C17H20ClN3O2S. The van der Waals surface area contributed by atoms with Crippen LogP contribution in [-0.4, -0.2) is 43.8 Å². The molecule has 0 radical (unpaired) electrons. The van der Waals surface area contributed by atoms with E-state index in [1.165, 1.54) is 5.56 Å². The minimum Gasteiger partial charge on any atom is -0.379 e. The normalized spacial score (nSPS) is 16.5. The molecule has 1 aromatic heterocycles. The third kappa shape index (κ3) is 4.70. The Labute approximate surface area is 150 Å². The van der Waals surface area contributed by atoms with Gasteiger partial charge in [-0.1, -0.05) is 17.7 Å². The molecule has 1 saturated heterocycles.